The molecular weight excluding hydrogens is 348 g/mol. The van der Waals surface area contributed by atoms with Crippen molar-refractivity contribution in [3.8, 4) is 16.5 Å². The minimum absolute atomic E-state index is 0.000659. The fourth-order valence-corrected chi connectivity index (χ4v) is 4.29. The molecule has 6 heteroatoms. The summed E-state index contributed by atoms with van der Waals surface area (Å²) < 4.78 is 5.39. The zero-order chi connectivity index (χ0) is 18.1. The highest BCUT2D eigenvalue weighted by Crippen LogP contribution is 2.32. The Morgan fingerprint density at radius 1 is 1.23 bits per heavy atom. The van der Waals surface area contributed by atoms with Crippen molar-refractivity contribution in [2.45, 2.75) is 25.7 Å². The smallest absolute Gasteiger partial charge is 0.273 e. The number of phenols is 1. The summed E-state index contributed by atoms with van der Waals surface area (Å²) in [5.41, 5.74) is 1.75. The molecule has 1 saturated heterocycles. The van der Waals surface area contributed by atoms with Crippen molar-refractivity contribution in [2.24, 2.45) is 0 Å². The first kappa shape index (κ1) is 16.8. The number of nitrogens with zero attached hydrogens (tertiary/aromatic N) is 2. The summed E-state index contributed by atoms with van der Waals surface area (Å²) in [6.45, 7) is 3.37. The van der Waals surface area contributed by atoms with Crippen molar-refractivity contribution in [2.75, 3.05) is 13.1 Å². The van der Waals surface area contributed by atoms with Crippen LogP contribution in [0.5, 0.6) is 5.75 Å². The highest BCUT2D eigenvalue weighted by Gasteiger charge is 2.27. The summed E-state index contributed by atoms with van der Waals surface area (Å²) in [6, 6.07) is 11.1. The van der Waals surface area contributed by atoms with Crippen LogP contribution >= 0.6 is 11.3 Å². The molecule has 0 saturated carbocycles. The first-order valence-electron chi connectivity index (χ1n) is 8.71. The van der Waals surface area contributed by atoms with E-state index in [2.05, 4.69) is 4.98 Å². The van der Waals surface area contributed by atoms with Gasteiger partial charge in [-0.15, -0.1) is 11.3 Å². The van der Waals surface area contributed by atoms with Crippen molar-refractivity contribution in [3.05, 3.63) is 58.8 Å². The zero-order valence-electron chi connectivity index (χ0n) is 14.5. The molecular formula is C20H20N2O3S. The summed E-state index contributed by atoms with van der Waals surface area (Å²) in [7, 11) is 0. The third kappa shape index (κ3) is 3.24. The van der Waals surface area contributed by atoms with Crippen LogP contribution in [0.1, 0.15) is 39.7 Å². The number of furan rings is 1. The summed E-state index contributed by atoms with van der Waals surface area (Å²) in [6.07, 6.45) is 3.46. The summed E-state index contributed by atoms with van der Waals surface area (Å²) >= 11 is 1.49. The number of carbonyl (C=O) groups excluding carboxylic acids is 1. The van der Waals surface area contributed by atoms with E-state index in [0.717, 1.165) is 35.8 Å². The average Bonchev–Trinajstić information content (AvgIpc) is 3.31. The van der Waals surface area contributed by atoms with E-state index in [1.165, 1.54) is 16.9 Å². The van der Waals surface area contributed by atoms with Gasteiger partial charge >= 0.3 is 0 Å². The predicted molar refractivity (Wildman–Crippen MR) is 101 cm³/mol. The number of amides is 1. The van der Waals surface area contributed by atoms with Gasteiger partial charge in [-0.1, -0.05) is 12.1 Å². The molecule has 26 heavy (non-hydrogen) atoms. The number of hydrogen-bond donors (Lipinski definition) is 1. The second kappa shape index (κ2) is 6.96. The van der Waals surface area contributed by atoms with Crippen molar-refractivity contribution in [1.82, 2.24) is 9.88 Å². The van der Waals surface area contributed by atoms with E-state index in [-0.39, 0.29) is 11.7 Å². The van der Waals surface area contributed by atoms with Gasteiger partial charge < -0.3 is 14.4 Å². The highest BCUT2D eigenvalue weighted by molar-refractivity contribution is 7.15. The van der Waals surface area contributed by atoms with E-state index < -0.39 is 0 Å². The maximum absolute atomic E-state index is 12.9. The van der Waals surface area contributed by atoms with Gasteiger partial charge in [0.05, 0.1) is 6.26 Å². The number of aromatic hydroxyl groups is 1. The van der Waals surface area contributed by atoms with Crippen LogP contribution in [0.25, 0.3) is 10.8 Å². The van der Waals surface area contributed by atoms with Crippen molar-refractivity contribution < 1.29 is 14.3 Å². The number of rotatable bonds is 3. The van der Waals surface area contributed by atoms with Crippen LogP contribution in [0, 0.1) is 6.92 Å². The lowest BCUT2D eigenvalue weighted by Crippen LogP contribution is -2.38. The molecule has 1 amide bonds. The number of carbonyl (C=O) groups is 1. The fraction of sp³-hybridized carbons (Fsp3) is 0.300. The number of piperidine rings is 1. The molecule has 134 valence electrons. The van der Waals surface area contributed by atoms with E-state index in [9.17, 15) is 9.90 Å². The predicted octanol–water partition coefficient (Wildman–Crippen LogP) is 4.44. The molecule has 0 bridgehead atoms. The number of aromatic nitrogens is 1. The average molecular weight is 368 g/mol. The van der Waals surface area contributed by atoms with Crippen molar-refractivity contribution >= 4 is 17.2 Å². The van der Waals surface area contributed by atoms with Gasteiger partial charge in [-0.3, -0.25) is 4.79 Å². The molecule has 0 radical (unpaired) electrons. The molecule has 5 nitrogen and oxygen atoms in total. The minimum atomic E-state index is 0.000659. The Morgan fingerprint density at radius 3 is 2.62 bits per heavy atom. The molecule has 1 aromatic carbocycles. The molecule has 3 aromatic rings. The summed E-state index contributed by atoms with van der Waals surface area (Å²) in [4.78, 5) is 20.2. The lowest BCUT2D eigenvalue weighted by molar-refractivity contribution is 0.0707. The fourth-order valence-electron chi connectivity index (χ4n) is 3.41. The van der Waals surface area contributed by atoms with E-state index >= 15 is 0 Å². The van der Waals surface area contributed by atoms with E-state index in [1.54, 1.807) is 18.4 Å². The Bertz CT molecular complexity index is 892. The minimum Gasteiger partial charge on any atom is -0.508 e. The van der Waals surface area contributed by atoms with Crippen molar-refractivity contribution in [3.63, 3.8) is 0 Å². The Labute approximate surface area is 155 Å². The topological polar surface area (TPSA) is 66.6 Å². The lowest BCUT2D eigenvalue weighted by Gasteiger charge is -2.32. The van der Waals surface area contributed by atoms with Crippen LogP contribution in [0.2, 0.25) is 0 Å². The maximum atomic E-state index is 12.9. The Morgan fingerprint density at radius 2 is 1.96 bits per heavy atom. The van der Waals surface area contributed by atoms with Crippen molar-refractivity contribution in [1.29, 1.82) is 0 Å². The van der Waals surface area contributed by atoms with Gasteiger partial charge in [0.15, 0.2) is 10.8 Å². The van der Waals surface area contributed by atoms with Gasteiger partial charge in [-0.25, -0.2) is 4.98 Å². The molecule has 4 rings (SSSR count). The van der Waals surface area contributed by atoms with Crippen LogP contribution in [0.3, 0.4) is 0 Å². The van der Waals surface area contributed by atoms with Crippen LogP contribution < -0.4 is 0 Å². The number of likely N-dealkylation sites (tertiary alicyclic amines) is 1. The first-order chi connectivity index (χ1) is 12.6. The molecule has 0 atom stereocenters. The number of hydrogen-bond acceptors (Lipinski definition) is 5. The summed E-state index contributed by atoms with van der Waals surface area (Å²) in [5, 5.41) is 10.2. The Kier molecular flexibility index (Phi) is 4.51. The van der Waals surface area contributed by atoms with Gasteiger partial charge in [0, 0.05) is 18.0 Å². The number of phenolic OH excluding ortho intramolecular Hbond substituents is 1. The molecule has 1 N–H and O–H groups in total. The number of benzene rings is 1. The molecule has 0 spiro atoms. The van der Waals surface area contributed by atoms with Gasteiger partial charge in [0.25, 0.3) is 5.91 Å². The van der Waals surface area contributed by atoms with Gasteiger partial charge in [0.1, 0.15) is 11.4 Å². The van der Waals surface area contributed by atoms with Gasteiger partial charge in [-0.2, -0.15) is 0 Å². The molecule has 1 fully saturated rings. The third-order valence-electron chi connectivity index (χ3n) is 4.88. The first-order valence-corrected chi connectivity index (χ1v) is 9.53. The normalized spacial score (nSPS) is 15.3. The maximum Gasteiger partial charge on any atom is 0.273 e. The Hall–Kier alpha value is -2.60. The standard InChI is InChI=1S/C20H20N2O3S/c1-13-18(21-19(26-13)17-3-2-12-25-17)20(24)22-10-8-15(9-11-22)14-4-6-16(23)7-5-14/h2-7,12,15,23H,8-11H2,1H3. The van der Waals surface area contributed by atoms with Gasteiger partial charge in [-0.05, 0) is 55.5 Å². The quantitative estimate of drug-likeness (QED) is 0.742. The van der Waals surface area contributed by atoms with Crippen LogP contribution in [0.4, 0.5) is 0 Å². The number of aryl methyl sites for hydroxylation is 1. The van der Waals surface area contributed by atoms with Crippen LogP contribution in [-0.4, -0.2) is 34.0 Å². The molecule has 0 aliphatic carbocycles. The van der Waals surface area contributed by atoms with E-state index in [1.807, 2.05) is 36.1 Å². The zero-order valence-corrected chi connectivity index (χ0v) is 15.3. The highest BCUT2D eigenvalue weighted by atomic mass is 32.1. The van der Waals surface area contributed by atoms with Gasteiger partial charge in [0.2, 0.25) is 0 Å². The van der Waals surface area contributed by atoms with Crippen LogP contribution in [-0.2, 0) is 0 Å². The third-order valence-corrected chi connectivity index (χ3v) is 5.86. The molecule has 1 aliphatic heterocycles. The SMILES string of the molecule is Cc1sc(-c2ccco2)nc1C(=O)N1CCC(c2ccc(O)cc2)CC1. The second-order valence-electron chi connectivity index (χ2n) is 6.56. The molecule has 0 unspecified atom stereocenters. The molecule has 3 heterocycles. The molecule has 1 aliphatic rings. The second-order valence-corrected chi connectivity index (χ2v) is 7.76. The Balaban J connectivity index is 1.44. The summed E-state index contributed by atoms with van der Waals surface area (Å²) in [5.74, 6) is 1.41. The van der Waals surface area contributed by atoms with E-state index in [0.29, 0.717) is 17.4 Å². The van der Waals surface area contributed by atoms with E-state index in [4.69, 9.17) is 4.42 Å². The monoisotopic (exact) mass is 368 g/mol. The van der Waals surface area contributed by atoms with Crippen LogP contribution in [0.15, 0.2) is 47.1 Å². The molecule has 2 aromatic heterocycles. The number of thiazole rings is 1. The largest absolute Gasteiger partial charge is 0.508 e. The lowest BCUT2D eigenvalue weighted by atomic mass is 9.89.